The van der Waals surface area contributed by atoms with Crippen molar-refractivity contribution in [1.29, 1.82) is 0 Å². The summed E-state index contributed by atoms with van der Waals surface area (Å²) in [5.74, 6) is -1.32. The lowest BCUT2D eigenvalue weighted by atomic mass is 10.0. The van der Waals surface area contributed by atoms with E-state index in [-0.39, 0.29) is 37.1 Å². The van der Waals surface area contributed by atoms with Gasteiger partial charge in [0.1, 0.15) is 0 Å². The SMILES string of the molecule is CC(C)(CO)NC(=O)CC1CCN(c2cccc(C(F)(F)F)c2)C1=O. The molecule has 0 aromatic heterocycles. The van der Waals surface area contributed by atoms with Gasteiger partial charge in [-0.1, -0.05) is 6.07 Å². The average molecular weight is 358 g/mol. The minimum atomic E-state index is -4.48. The van der Waals surface area contributed by atoms with Crippen LogP contribution < -0.4 is 10.2 Å². The number of nitrogens with one attached hydrogen (secondary N) is 1. The fourth-order valence-corrected chi connectivity index (χ4v) is 2.73. The molecule has 1 heterocycles. The molecule has 0 spiro atoms. The van der Waals surface area contributed by atoms with E-state index < -0.39 is 23.2 Å². The number of aliphatic hydroxyl groups is 1. The standard InChI is InChI=1S/C17H21F3N2O3/c1-16(2,10-23)21-14(24)8-11-6-7-22(15(11)25)13-5-3-4-12(9-13)17(18,19)20/h3-5,9,11,23H,6-8,10H2,1-2H3,(H,21,24). The Morgan fingerprint density at radius 2 is 2.04 bits per heavy atom. The molecule has 138 valence electrons. The van der Waals surface area contributed by atoms with Crippen molar-refractivity contribution in [3.8, 4) is 0 Å². The second kappa shape index (κ2) is 7.03. The summed E-state index contributed by atoms with van der Waals surface area (Å²) in [6, 6.07) is 4.60. The fraction of sp³-hybridized carbons (Fsp3) is 0.529. The zero-order valence-corrected chi connectivity index (χ0v) is 14.1. The highest BCUT2D eigenvalue weighted by atomic mass is 19.4. The van der Waals surface area contributed by atoms with Gasteiger partial charge in [0, 0.05) is 24.6 Å². The Hall–Kier alpha value is -2.09. The van der Waals surface area contributed by atoms with E-state index in [9.17, 15) is 22.8 Å². The van der Waals surface area contributed by atoms with Crippen LogP contribution in [-0.2, 0) is 15.8 Å². The van der Waals surface area contributed by atoms with Gasteiger partial charge >= 0.3 is 6.18 Å². The number of nitrogens with zero attached hydrogens (tertiary/aromatic N) is 1. The van der Waals surface area contributed by atoms with Crippen molar-refractivity contribution >= 4 is 17.5 Å². The first-order valence-corrected chi connectivity index (χ1v) is 7.94. The fourth-order valence-electron chi connectivity index (χ4n) is 2.73. The van der Waals surface area contributed by atoms with Crippen molar-refractivity contribution in [2.45, 2.75) is 38.4 Å². The monoisotopic (exact) mass is 358 g/mol. The number of halogens is 3. The van der Waals surface area contributed by atoms with Crippen molar-refractivity contribution < 1.29 is 27.9 Å². The van der Waals surface area contributed by atoms with E-state index in [1.165, 1.54) is 17.0 Å². The summed E-state index contributed by atoms with van der Waals surface area (Å²) in [5, 5.41) is 11.8. The summed E-state index contributed by atoms with van der Waals surface area (Å²) >= 11 is 0. The van der Waals surface area contributed by atoms with Crippen LogP contribution in [0.4, 0.5) is 18.9 Å². The summed E-state index contributed by atoms with van der Waals surface area (Å²) in [7, 11) is 0. The molecule has 0 bridgehead atoms. The molecule has 1 aromatic rings. The van der Waals surface area contributed by atoms with Crippen LogP contribution in [0.15, 0.2) is 24.3 Å². The van der Waals surface area contributed by atoms with Gasteiger partial charge in [0.15, 0.2) is 0 Å². The Morgan fingerprint density at radius 3 is 2.64 bits per heavy atom. The molecule has 1 aromatic carbocycles. The summed E-state index contributed by atoms with van der Waals surface area (Å²) < 4.78 is 38.4. The van der Waals surface area contributed by atoms with Gasteiger partial charge in [-0.2, -0.15) is 13.2 Å². The number of carbonyl (C=O) groups excluding carboxylic acids is 2. The van der Waals surface area contributed by atoms with E-state index in [2.05, 4.69) is 5.32 Å². The molecule has 0 radical (unpaired) electrons. The van der Waals surface area contributed by atoms with Crippen LogP contribution in [0.3, 0.4) is 0 Å². The van der Waals surface area contributed by atoms with Gasteiger partial charge in [0.25, 0.3) is 0 Å². The van der Waals surface area contributed by atoms with Gasteiger partial charge in [-0.15, -0.1) is 0 Å². The van der Waals surface area contributed by atoms with Gasteiger partial charge in [-0.25, -0.2) is 0 Å². The second-order valence-corrected chi connectivity index (χ2v) is 6.82. The lowest BCUT2D eigenvalue weighted by Gasteiger charge is -2.24. The quantitative estimate of drug-likeness (QED) is 0.849. The first-order chi connectivity index (χ1) is 11.5. The van der Waals surface area contributed by atoms with Crippen molar-refractivity contribution in [1.82, 2.24) is 5.32 Å². The van der Waals surface area contributed by atoms with Crippen LogP contribution in [0.1, 0.15) is 32.3 Å². The molecule has 1 unspecified atom stereocenters. The van der Waals surface area contributed by atoms with E-state index in [0.29, 0.717) is 6.42 Å². The molecule has 2 amide bonds. The Kier molecular flexibility index (Phi) is 5.41. The van der Waals surface area contributed by atoms with Gasteiger partial charge in [0.05, 0.1) is 17.7 Å². The van der Waals surface area contributed by atoms with Gasteiger partial charge < -0.3 is 15.3 Å². The summed E-state index contributed by atoms with van der Waals surface area (Å²) in [6.07, 6.45) is -4.15. The Balaban J connectivity index is 2.06. The van der Waals surface area contributed by atoms with Crippen molar-refractivity contribution in [3.63, 3.8) is 0 Å². The number of amides is 2. The highest BCUT2D eigenvalue weighted by Gasteiger charge is 2.36. The molecule has 2 N–H and O–H groups in total. The summed E-state index contributed by atoms with van der Waals surface area (Å²) in [6.45, 7) is 3.32. The number of alkyl halides is 3. The predicted molar refractivity (Wildman–Crippen MR) is 85.8 cm³/mol. The normalized spacial score (nSPS) is 18.6. The maximum Gasteiger partial charge on any atom is 0.416 e. The smallest absolute Gasteiger partial charge is 0.394 e. The third-order valence-electron chi connectivity index (χ3n) is 4.11. The predicted octanol–water partition coefficient (Wildman–Crippen LogP) is 2.34. The zero-order chi connectivity index (χ0) is 18.8. The van der Waals surface area contributed by atoms with Gasteiger partial charge in [-0.3, -0.25) is 9.59 Å². The molecule has 1 fully saturated rings. The number of benzene rings is 1. The molecule has 1 aliphatic rings. The maximum absolute atomic E-state index is 12.8. The van der Waals surface area contributed by atoms with Gasteiger partial charge in [0.2, 0.25) is 11.8 Å². The average Bonchev–Trinajstić information content (AvgIpc) is 2.87. The van der Waals surface area contributed by atoms with Crippen LogP contribution >= 0.6 is 0 Å². The van der Waals surface area contributed by atoms with E-state index in [1.807, 2.05) is 0 Å². The zero-order valence-electron chi connectivity index (χ0n) is 14.1. The molecule has 1 atom stereocenters. The molecule has 0 aliphatic carbocycles. The highest BCUT2D eigenvalue weighted by Crippen LogP contribution is 2.34. The first-order valence-electron chi connectivity index (χ1n) is 7.94. The maximum atomic E-state index is 12.8. The number of carbonyl (C=O) groups is 2. The van der Waals surface area contributed by atoms with Crippen LogP contribution in [0.2, 0.25) is 0 Å². The third kappa shape index (κ3) is 4.72. The number of aliphatic hydroxyl groups excluding tert-OH is 1. The van der Waals surface area contributed by atoms with E-state index in [4.69, 9.17) is 5.11 Å². The number of rotatable bonds is 5. The molecule has 8 heteroatoms. The summed E-state index contributed by atoms with van der Waals surface area (Å²) in [5.41, 5.74) is -1.43. The topological polar surface area (TPSA) is 69.6 Å². The van der Waals surface area contributed by atoms with Crippen LogP contribution in [0, 0.1) is 5.92 Å². The number of anilines is 1. The van der Waals surface area contributed by atoms with E-state index in [0.717, 1.165) is 12.1 Å². The third-order valence-corrected chi connectivity index (χ3v) is 4.11. The first kappa shape index (κ1) is 19.2. The molecule has 2 rings (SSSR count). The molecule has 5 nitrogen and oxygen atoms in total. The molecule has 0 saturated carbocycles. The van der Waals surface area contributed by atoms with Gasteiger partial charge in [-0.05, 0) is 38.5 Å². The molecule has 1 saturated heterocycles. The second-order valence-electron chi connectivity index (χ2n) is 6.82. The lowest BCUT2D eigenvalue weighted by Crippen LogP contribution is -2.47. The Bertz CT molecular complexity index is 659. The Labute approximate surface area is 143 Å². The van der Waals surface area contributed by atoms with Crippen LogP contribution in [0.5, 0.6) is 0 Å². The highest BCUT2D eigenvalue weighted by molar-refractivity contribution is 5.99. The van der Waals surface area contributed by atoms with Crippen molar-refractivity contribution in [3.05, 3.63) is 29.8 Å². The van der Waals surface area contributed by atoms with Crippen LogP contribution in [0.25, 0.3) is 0 Å². The van der Waals surface area contributed by atoms with Crippen LogP contribution in [-0.4, -0.2) is 35.6 Å². The lowest BCUT2D eigenvalue weighted by molar-refractivity contribution is -0.137. The van der Waals surface area contributed by atoms with Crippen molar-refractivity contribution in [2.24, 2.45) is 5.92 Å². The largest absolute Gasteiger partial charge is 0.416 e. The van der Waals surface area contributed by atoms with E-state index >= 15 is 0 Å². The van der Waals surface area contributed by atoms with Crippen molar-refractivity contribution in [2.75, 3.05) is 18.1 Å². The minimum absolute atomic E-state index is 0.0578. The summed E-state index contributed by atoms with van der Waals surface area (Å²) in [4.78, 5) is 25.7. The van der Waals surface area contributed by atoms with E-state index in [1.54, 1.807) is 13.8 Å². The minimum Gasteiger partial charge on any atom is -0.394 e. The molecule has 1 aliphatic heterocycles. The number of hydrogen-bond acceptors (Lipinski definition) is 3. The Morgan fingerprint density at radius 1 is 1.36 bits per heavy atom. The molecular weight excluding hydrogens is 337 g/mol. The molecular formula is C17H21F3N2O3. The molecule has 25 heavy (non-hydrogen) atoms. The number of hydrogen-bond donors (Lipinski definition) is 2.